The van der Waals surface area contributed by atoms with E-state index in [1.54, 1.807) is 18.3 Å². The number of benzene rings is 1. The third kappa shape index (κ3) is 3.53. The van der Waals surface area contributed by atoms with Gasteiger partial charge in [-0.15, -0.1) is 0 Å². The van der Waals surface area contributed by atoms with Gasteiger partial charge in [-0.3, -0.25) is 4.90 Å². The molecular weight excluding hydrogens is 366 g/mol. The Labute approximate surface area is 142 Å². The first-order valence-corrected chi connectivity index (χ1v) is 7.50. The van der Waals surface area contributed by atoms with Crippen molar-refractivity contribution in [1.29, 1.82) is 0 Å². The molecule has 1 aliphatic rings. The van der Waals surface area contributed by atoms with Crippen LogP contribution in [0.3, 0.4) is 0 Å². The van der Waals surface area contributed by atoms with Crippen molar-refractivity contribution >= 4 is 33.3 Å². The standard InChI is InChI=1S/C15H18BrN3O4/c1-21-11-7-10(12(17)14(23-3)13(11)22-2)18-15(20)19-6-4-5-9(16)8-19/h4-7H,8,17H2,1-3H3,(H,18,20). The highest BCUT2D eigenvalue weighted by molar-refractivity contribution is 9.11. The van der Waals surface area contributed by atoms with Crippen LogP contribution in [-0.2, 0) is 0 Å². The van der Waals surface area contributed by atoms with E-state index in [-0.39, 0.29) is 11.7 Å². The number of rotatable bonds is 4. The van der Waals surface area contributed by atoms with E-state index in [1.807, 2.05) is 6.08 Å². The van der Waals surface area contributed by atoms with Crippen molar-refractivity contribution in [2.45, 2.75) is 0 Å². The van der Waals surface area contributed by atoms with Gasteiger partial charge in [0.05, 0.1) is 33.6 Å². The topological polar surface area (TPSA) is 86.1 Å². The summed E-state index contributed by atoms with van der Waals surface area (Å²) >= 11 is 3.37. The van der Waals surface area contributed by atoms with Crippen LogP contribution < -0.4 is 25.3 Å². The molecule has 124 valence electrons. The summed E-state index contributed by atoms with van der Waals surface area (Å²) in [6, 6.07) is 1.26. The fourth-order valence-electron chi connectivity index (χ4n) is 2.13. The van der Waals surface area contributed by atoms with Gasteiger partial charge in [0.2, 0.25) is 5.75 Å². The maximum atomic E-state index is 12.4. The van der Waals surface area contributed by atoms with Crippen LogP contribution >= 0.6 is 15.9 Å². The van der Waals surface area contributed by atoms with E-state index in [4.69, 9.17) is 19.9 Å². The van der Waals surface area contributed by atoms with Crippen LogP contribution in [0.4, 0.5) is 16.2 Å². The third-order valence-corrected chi connectivity index (χ3v) is 3.75. The summed E-state index contributed by atoms with van der Waals surface area (Å²) in [5.41, 5.74) is 6.70. The number of allylic oxidation sites excluding steroid dienone is 2. The Morgan fingerprint density at radius 1 is 1.26 bits per heavy atom. The number of amides is 2. The summed E-state index contributed by atoms with van der Waals surface area (Å²) in [4.78, 5) is 13.9. The molecule has 0 bridgehead atoms. The highest BCUT2D eigenvalue weighted by atomic mass is 79.9. The van der Waals surface area contributed by atoms with E-state index >= 15 is 0 Å². The minimum absolute atomic E-state index is 0.258. The molecule has 0 spiro atoms. The summed E-state index contributed by atoms with van der Waals surface area (Å²) in [5, 5.41) is 2.75. The van der Waals surface area contributed by atoms with Gasteiger partial charge < -0.3 is 25.3 Å². The number of nitrogen functional groups attached to an aromatic ring is 1. The van der Waals surface area contributed by atoms with E-state index in [1.165, 1.54) is 26.2 Å². The first-order chi connectivity index (χ1) is 11.0. The largest absolute Gasteiger partial charge is 0.493 e. The molecule has 23 heavy (non-hydrogen) atoms. The van der Waals surface area contributed by atoms with Crippen molar-refractivity contribution < 1.29 is 19.0 Å². The van der Waals surface area contributed by atoms with Crippen LogP contribution in [0.15, 0.2) is 28.9 Å². The molecule has 1 heterocycles. The summed E-state index contributed by atoms with van der Waals surface area (Å²) in [7, 11) is 4.45. The maximum Gasteiger partial charge on any atom is 0.326 e. The number of carbonyl (C=O) groups excluding carboxylic acids is 1. The first kappa shape index (κ1) is 17.0. The molecule has 1 aliphatic heterocycles. The number of hydrogen-bond donors (Lipinski definition) is 2. The van der Waals surface area contributed by atoms with Crippen LogP contribution in [0.1, 0.15) is 0 Å². The van der Waals surface area contributed by atoms with Crippen molar-refractivity contribution in [1.82, 2.24) is 4.90 Å². The number of ether oxygens (including phenoxy) is 3. The van der Waals surface area contributed by atoms with Gasteiger partial charge in [-0.1, -0.05) is 15.9 Å². The van der Waals surface area contributed by atoms with Gasteiger partial charge in [0, 0.05) is 16.7 Å². The Bertz CT molecular complexity index is 673. The molecular formula is C15H18BrN3O4. The minimum atomic E-state index is -0.327. The second-order valence-electron chi connectivity index (χ2n) is 4.62. The van der Waals surface area contributed by atoms with Crippen molar-refractivity contribution in [2.24, 2.45) is 0 Å². The number of urea groups is 1. The van der Waals surface area contributed by atoms with E-state index in [0.29, 0.717) is 29.5 Å². The van der Waals surface area contributed by atoms with Crippen molar-refractivity contribution in [3.05, 3.63) is 28.9 Å². The average Bonchev–Trinajstić information content (AvgIpc) is 2.55. The molecule has 0 aliphatic carbocycles. The second-order valence-corrected chi connectivity index (χ2v) is 5.64. The summed E-state index contributed by atoms with van der Waals surface area (Å²) in [6.07, 6.45) is 5.32. The van der Waals surface area contributed by atoms with Gasteiger partial charge in [0.1, 0.15) is 5.69 Å². The lowest BCUT2D eigenvalue weighted by atomic mass is 10.2. The first-order valence-electron chi connectivity index (χ1n) is 6.70. The molecule has 7 nitrogen and oxygen atoms in total. The van der Waals surface area contributed by atoms with Crippen LogP contribution in [0.5, 0.6) is 17.2 Å². The van der Waals surface area contributed by atoms with Gasteiger partial charge in [0.25, 0.3) is 0 Å². The second kappa shape index (κ2) is 7.28. The van der Waals surface area contributed by atoms with Crippen LogP contribution in [0.25, 0.3) is 0 Å². The lowest BCUT2D eigenvalue weighted by Crippen LogP contribution is -2.32. The monoisotopic (exact) mass is 383 g/mol. The number of nitrogens with zero attached hydrogens (tertiary/aromatic N) is 1. The zero-order chi connectivity index (χ0) is 17.0. The molecule has 0 unspecified atom stereocenters. The van der Waals surface area contributed by atoms with Crippen LogP contribution in [-0.4, -0.2) is 38.8 Å². The predicted molar refractivity (Wildman–Crippen MR) is 92.4 cm³/mol. The summed E-state index contributed by atoms with van der Waals surface area (Å²) in [5.74, 6) is 1.08. The van der Waals surface area contributed by atoms with Crippen molar-refractivity contribution in [3.8, 4) is 17.2 Å². The number of nitrogens with one attached hydrogen (secondary N) is 1. The molecule has 1 aromatic carbocycles. The Kier molecular flexibility index (Phi) is 5.38. The Morgan fingerprint density at radius 3 is 2.52 bits per heavy atom. The van der Waals surface area contributed by atoms with Crippen LogP contribution in [0, 0.1) is 0 Å². The van der Waals surface area contributed by atoms with E-state index in [2.05, 4.69) is 21.2 Å². The van der Waals surface area contributed by atoms with Gasteiger partial charge in [-0.2, -0.15) is 0 Å². The van der Waals surface area contributed by atoms with E-state index in [0.717, 1.165) is 4.48 Å². The lowest BCUT2D eigenvalue weighted by Gasteiger charge is -2.23. The van der Waals surface area contributed by atoms with Crippen molar-refractivity contribution in [3.63, 3.8) is 0 Å². The Balaban J connectivity index is 2.31. The van der Waals surface area contributed by atoms with Gasteiger partial charge in [-0.25, -0.2) is 4.79 Å². The lowest BCUT2D eigenvalue weighted by molar-refractivity contribution is 0.231. The molecule has 0 saturated heterocycles. The van der Waals surface area contributed by atoms with E-state index < -0.39 is 0 Å². The normalized spacial score (nSPS) is 13.4. The molecule has 0 aromatic heterocycles. The van der Waals surface area contributed by atoms with Crippen molar-refractivity contribution in [2.75, 3.05) is 38.9 Å². The SMILES string of the molecule is COc1cc(NC(=O)N2C=CC=C(Br)C2)c(N)c(OC)c1OC. The Morgan fingerprint density at radius 2 is 1.96 bits per heavy atom. The molecule has 0 fully saturated rings. The molecule has 1 aromatic rings. The smallest absolute Gasteiger partial charge is 0.326 e. The van der Waals surface area contributed by atoms with Gasteiger partial charge >= 0.3 is 6.03 Å². The summed E-state index contributed by atoms with van der Waals surface area (Å²) in [6.45, 7) is 0.437. The summed E-state index contributed by atoms with van der Waals surface area (Å²) < 4.78 is 16.7. The molecule has 3 N–H and O–H groups in total. The highest BCUT2D eigenvalue weighted by Crippen LogP contribution is 2.45. The molecule has 0 atom stereocenters. The average molecular weight is 384 g/mol. The fourth-order valence-corrected chi connectivity index (χ4v) is 2.55. The number of halogens is 1. The maximum absolute atomic E-state index is 12.4. The van der Waals surface area contributed by atoms with E-state index in [9.17, 15) is 4.79 Å². The Hall–Kier alpha value is -2.35. The van der Waals surface area contributed by atoms with Gasteiger partial charge in [0.15, 0.2) is 11.5 Å². The number of anilines is 2. The molecule has 2 amide bonds. The highest BCUT2D eigenvalue weighted by Gasteiger charge is 2.21. The number of hydrogen-bond acceptors (Lipinski definition) is 5. The minimum Gasteiger partial charge on any atom is -0.493 e. The number of carbonyl (C=O) groups is 1. The quantitative estimate of drug-likeness (QED) is 0.780. The number of methoxy groups -OCH3 is 3. The van der Waals surface area contributed by atoms with Crippen LogP contribution in [0.2, 0.25) is 0 Å². The molecule has 2 rings (SSSR count). The predicted octanol–water partition coefficient (Wildman–Crippen LogP) is 2.93. The third-order valence-electron chi connectivity index (χ3n) is 3.24. The zero-order valence-electron chi connectivity index (χ0n) is 13.1. The molecule has 0 saturated carbocycles. The zero-order valence-corrected chi connectivity index (χ0v) is 14.6. The molecule has 0 radical (unpaired) electrons. The fraction of sp³-hybridized carbons (Fsp3) is 0.267. The number of nitrogens with two attached hydrogens (primary N) is 1. The van der Waals surface area contributed by atoms with Gasteiger partial charge in [-0.05, 0) is 12.2 Å². The molecule has 8 heteroatoms.